The minimum absolute atomic E-state index is 0.238. The Bertz CT molecular complexity index is 1280. The number of anilines is 1. The van der Waals surface area contributed by atoms with E-state index < -0.39 is 30.6 Å². The summed E-state index contributed by atoms with van der Waals surface area (Å²) in [5, 5.41) is 14.7. The van der Waals surface area contributed by atoms with E-state index in [-0.39, 0.29) is 6.61 Å². The Morgan fingerprint density at radius 1 is 0.650 bits per heavy atom. The summed E-state index contributed by atoms with van der Waals surface area (Å²) in [6.45, 7) is 1.40. The molecule has 4 aromatic rings. The van der Waals surface area contributed by atoms with Crippen LogP contribution < -0.4 is 5.32 Å². The van der Waals surface area contributed by atoms with Gasteiger partial charge in [-0.3, -0.25) is 0 Å². The molecule has 2 N–H and O–H groups in total. The van der Waals surface area contributed by atoms with Crippen molar-refractivity contribution >= 4 is 21.6 Å². The predicted molar refractivity (Wildman–Crippen MR) is 159 cm³/mol. The van der Waals surface area contributed by atoms with Crippen LogP contribution in [0, 0.1) is 0 Å². The van der Waals surface area contributed by atoms with Crippen molar-refractivity contribution < 1.29 is 24.1 Å². The van der Waals surface area contributed by atoms with Crippen molar-refractivity contribution in [3.8, 4) is 0 Å². The standard InChI is InChI=1S/C33H34BrNO5/c34-27-16-18-28(19-17-27)35-30-32(39-22-26-14-8-3-9-15-26)31(38-21-25-12-6-2-7-13-25)29(40-33(30)36)23-37-20-24-10-4-1-5-11-24/h1-19,29-33,35-36H,20-23H2/t29-,30-,31-,32-,33-/m1/s1. The van der Waals surface area contributed by atoms with Crippen LogP contribution in [0.15, 0.2) is 120 Å². The number of rotatable bonds is 12. The molecule has 0 aliphatic carbocycles. The van der Waals surface area contributed by atoms with Gasteiger partial charge in [-0.05, 0) is 41.0 Å². The number of nitrogens with one attached hydrogen (secondary N) is 1. The Morgan fingerprint density at radius 2 is 1.15 bits per heavy atom. The zero-order valence-electron chi connectivity index (χ0n) is 22.1. The number of benzene rings is 4. The molecule has 40 heavy (non-hydrogen) atoms. The predicted octanol–water partition coefficient (Wildman–Crippen LogP) is 6.33. The third kappa shape index (κ3) is 8.01. The molecule has 0 bridgehead atoms. The van der Waals surface area contributed by atoms with Gasteiger partial charge in [-0.1, -0.05) is 107 Å². The van der Waals surface area contributed by atoms with E-state index in [2.05, 4.69) is 21.2 Å². The molecular formula is C33H34BrNO5. The van der Waals surface area contributed by atoms with Gasteiger partial charge in [-0.2, -0.15) is 0 Å². The highest BCUT2D eigenvalue weighted by atomic mass is 79.9. The van der Waals surface area contributed by atoms with Crippen LogP contribution in [-0.4, -0.2) is 42.4 Å². The summed E-state index contributed by atoms with van der Waals surface area (Å²) in [5.74, 6) is 0. The van der Waals surface area contributed by atoms with Crippen LogP contribution in [0.4, 0.5) is 5.69 Å². The fourth-order valence-electron chi connectivity index (χ4n) is 4.75. The summed E-state index contributed by atoms with van der Waals surface area (Å²) in [5.41, 5.74) is 3.97. The molecule has 0 aromatic heterocycles. The highest BCUT2D eigenvalue weighted by Crippen LogP contribution is 2.30. The van der Waals surface area contributed by atoms with E-state index in [9.17, 15) is 5.11 Å². The number of hydrogen-bond acceptors (Lipinski definition) is 6. The molecule has 4 aromatic carbocycles. The Labute approximate surface area is 244 Å². The lowest BCUT2D eigenvalue weighted by Gasteiger charge is -2.45. The van der Waals surface area contributed by atoms with Gasteiger partial charge < -0.3 is 29.4 Å². The van der Waals surface area contributed by atoms with Gasteiger partial charge in [0, 0.05) is 10.2 Å². The first kappa shape index (κ1) is 28.5. The molecule has 0 saturated carbocycles. The van der Waals surface area contributed by atoms with Gasteiger partial charge in [-0.25, -0.2) is 0 Å². The molecular weight excluding hydrogens is 570 g/mol. The maximum atomic E-state index is 11.3. The van der Waals surface area contributed by atoms with E-state index in [1.807, 2.05) is 115 Å². The van der Waals surface area contributed by atoms with Crippen LogP contribution in [0.25, 0.3) is 0 Å². The SMILES string of the molecule is O[C@@H]1O[C@H](COCc2ccccc2)[C@@H](OCc2ccccc2)[C@H](OCc2ccccc2)[C@H]1Nc1ccc(Br)cc1. The monoisotopic (exact) mass is 603 g/mol. The number of aliphatic hydroxyl groups is 1. The topological polar surface area (TPSA) is 69.2 Å². The van der Waals surface area contributed by atoms with Gasteiger partial charge in [0.1, 0.15) is 24.4 Å². The van der Waals surface area contributed by atoms with Crippen LogP contribution in [0.5, 0.6) is 0 Å². The molecule has 0 spiro atoms. The van der Waals surface area contributed by atoms with E-state index >= 15 is 0 Å². The normalized spacial score (nSPS) is 22.6. The van der Waals surface area contributed by atoms with E-state index in [1.165, 1.54) is 0 Å². The minimum atomic E-state index is -1.15. The van der Waals surface area contributed by atoms with E-state index in [0.29, 0.717) is 19.8 Å². The Morgan fingerprint density at radius 3 is 1.70 bits per heavy atom. The van der Waals surface area contributed by atoms with Crippen molar-refractivity contribution in [2.24, 2.45) is 0 Å². The van der Waals surface area contributed by atoms with Crippen LogP contribution in [0.3, 0.4) is 0 Å². The highest BCUT2D eigenvalue weighted by Gasteiger charge is 2.47. The lowest BCUT2D eigenvalue weighted by Crippen LogP contribution is -2.62. The third-order valence-electron chi connectivity index (χ3n) is 6.81. The van der Waals surface area contributed by atoms with Crippen LogP contribution in [0.1, 0.15) is 16.7 Å². The van der Waals surface area contributed by atoms with Gasteiger partial charge >= 0.3 is 0 Å². The molecule has 208 valence electrons. The van der Waals surface area contributed by atoms with Gasteiger partial charge in [0.15, 0.2) is 6.29 Å². The van der Waals surface area contributed by atoms with Gasteiger partial charge in [-0.15, -0.1) is 0 Å². The lowest BCUT2D eigenvalue weighted by atomic mass is 9.95. The van der Waals surface area contributed by atoms with Crippen molar-refractivity contribution in [1.29, 1.82) is 0 Å². The quantitative estimate of drug-likeness (QED) is 0.197. The molecule has 1 saturated heterocycles. The largest absolute Gasteiger partial charge is 0.375 e. The second-order valence-electron chi connectivity index (χ2n) is 9.77. The second-order valence-corrected chi connectivity index (χ2v) is 10.7. The smallest absolute Gasteiger partial charge is 0.178 e. The van der Waals surface area contributed by atoms with Crippen molar-refractivity contribution in [3.63, 3.8) is 0 Å². The van der Waals surface area contributed by atoms with Gasteiger partial charge in [0.05, 0.1) is 26.4 Å². The third-order valence-corrected chi connectivity index (χ3v) is 7.34. The average molecular weight is 605 g/mol. The Kier molecular flexibility index (Phi) is 10.4. The first-order valence-corrected chi connectivity index (χ1v) is 14.2. The lowest BCUT2D eigenvalue weighted by molar-refractivity contribution is -0.270. The summed E-state index contributed by atoms with van der Waals surface area (Å²) in [4.78, 5) is 0. The molecule has 0 amide bonds. The van der Waals surface area contributed by atoms with Crippen molar-refractivity contribution in [1.82, 2.24) is 0 Å². The summed E-state index contributed by atoms with van der Waals surface area (Å²) in [6, 6.07) is 37.2. The molecule has 1 aliphatic heterocycles. The molecule has 0 unspecified atom stereocenters. The first-order valence-electron chi connectivity index (χ1n) is 13.4. The number of halogens is 1. The summed E-state index contributed by atoms with van der Waals surface area (Å²) in [7, 11) is 0. The van der Waals surface area contributed by atoms with Gasteiger partial charge in [0.2, 0.25) is 0 Å². The maximum Gasteiger partial charge on any atom is 0.178 e. The van der Waals surface area contributed by atoms with Crippen LogP contribution in [-0.2, 0) is 38.8 Å². The zero-order chi connectivity index (χ0) is 27.6. The Balaban J connectivity index is 1.39. The molecule has 5 atom stereocenters. The molecule has 0 radical (unpaired) electrons. The van der Waals surface area contributed by atoms with Crippen LogP contribution >= 0.6 is 15.9 Å². The number of hydrogen-bond donors (Lipinski definition) is 2. The van der Waals surface area contributed by atoms with Crippen molar-refractivity contribution in [3.05, 3.63) is 136 Å². The summed E-state index contributed by atoms with van der Waals surface area (Å²) < 4.78 is 26.3. The van der Waals surface area contributed by atoms with Crippen molar-refractivity contribution in [2.45, 2.75) is 50.5 Å². The zero-order valence-corrected chi connectivity index (χ0v) is 23.7. The summed E-state index contributed by atoms with van der Waals surface area (Å²) >= 11 is 3.49. The van der Waals surface area contributed by atoms with Crippen molar-refractivity contribution in [2.75, 3.05) is 11.9 Å². The van der Waals surface area contributed by atoms with E-state index in [0.717, 1.165) is 26.9 Å². The second kappa shape index (κ2) is 14.6. The van der Waals surface area contributed by atoms with E-state index in [4.69, 9.17) is 18.9 Å². The fraction of sp³-hybridized carbons (Fsp3) is 0.273. The summed E-state index contributed by atoms with van der Waals surface area (Å²) in [6.07, 6.45) is -2.75. The molecule has 1 heterocycles. The first-order chi connectivity index (χ1) is 19.7. The van der Waals surface area contributed by atoms with Gasteiger partial charge in [0.25, 0.3) is 0 Å². The number of ether oxygens (including phenoxy) is 4. The minimum Gasteiger partial charge on any atom is -0.375 e. The van der Waals surface area contributed by atoms with Crippen LogP contribution in [0.2, 0.25) is 0 Å². The highest BCUT2D eigenvalue weighted by molar-refractivity contribution is 9.10. The molecule has 7 heteroatoms. The Hall–Kier alpha value is -3.04. The average Bonchev–Trinajstić information content (AvgIpc) is 2.99. The maximum absolute atomic E-state index is 11.3. The molecule has 6 nitrogen and oxygen atoms in total. The molecule has 1 aliphatic rings. The van der Waals surface area contributed by atoms with E-state index in [1.54, 1.807) is 0 Å². The fourth-order valence-corrected chi connectivity index (χ4v) is 5.01. The number of aliphatic hydroxyl groups excluding tert-OH is 1. The molecule has 1 fully saturated rings. The molecule has 5 rings (SSSR count).